The molecule has 4 saturated carbocycles. The Balaban J connectivity index is 1.36. The van der Waals surface area contributed by atoms with E-state index >= 15 is 0 Å². The lowest BCUT2D eigenvalue weighted by molar-refractivity contribution is -0.222. The molecule has 0 aromatic heterocycles. The van der Waals surface area contributed by atoms with Crippen LogP contribution in [0.1, 0.15) is 77.0 Å². The van der Waals surface area contributed by atoms with Gasteiger partial charge in [0.05, 0.1) is 12.2 Å². The van der Waals surface area contributed by atoms with Gasteiger partial charge in [0.25, 0.3) is 0 Å². The maximum Gasteiger partial charge on any atom is 0.113 e. The highest BCUT2D eigenvalue weighted by Crippen LogP contribution is 2.62. The van der Waals surface area contributed by atoms with Crippen LogP contribution in [0.3, 0.4) is 0 Å². The molecule has 2 aliphatic heterocycles. The minimum atomic E-state index is 0.0462. The zero-order valence-corrected chi connectivity index (χ0v) is 14.2. The van der Waals surface area contributed by atoms with Crippen LogP contribution in [0.2, 0.25) is 0 Å². The lowest BCUT2D eigenvalue weighted by Gasteiger charge is -2.47. The van der Waals surface area contributed by atoms with Crippen LogP contribution >= 0.6 is 0 Å². The summed E-state index contributed by atoms with van der Waals surface area (Å²) in [5.41, 5.74) is 0.0925. The lowest BCUT2D eigenvalue weighted by atomic mass is 9.78. The van der Waals surface area contributed by atoms with Gasteiger partial charge < -0.3 is 14.2 Å². The first-order chi connectivity index (χ1) is 11.3. The van der Waals surface area contributed by atoms with Crippen molar-refractivity contribution in [3.63, 3.8) is 0 Å². The number of hydrogen-bond acceptors (Lipinski definition) is 3. The van der Waals surface area contributed by atoms with E-state index in [1.807, 2.05) is 0 Å². The molecule has 0 amide bonds. The molecule has 128 valence electrons. The molecule has 2 heterocycles. The van der Waals surface area contributed by atoms with Crippen LogP contribution in [0.4, 0.5) is 0 Å². The Kier molecular flexibility index (Phi) is 2.90. The molecular weight excluding hydrogens is 288 g/mol. The van der Waals surface area contributed by atoms with Crippen LogP contribution in [-0.4, -0.2) is 35.6 Å². The largest absolute Gasteiger partial charge is 0.366 e. The highest BCUT2D eigenvalue weighted by Gasteiger charge is 2.71. The average Bonchev–Trinajstić information content (AvgIpc) is 3.21. The van der Waals surface area contributed by atoms with Gasteiger partial charge in [0, 0.05) is 0 Å². The van der Waals surface area contributed by atoms with Crippen molar-refractivity contribution in [1.82, 2.24) is 0 Å². The summed E-state index contributed by atoms with van der Waals surface area (Å²) in [6.45, 7) is 0. The minimum absolute atomic E-state index is 0.0462. The smallest absolute Gasteiger partial charge is 0.113 e. The second-order valence-corrected chi connectivity index (χ2v) is 9.24. The molecule has 6 rings (SSSR count). The van der Waals surface area contributed by atoms with E-state index in [1.54, 1.807) is 0 Å². The molecule has 0 spiro atoms. The zero-order chi connectivity index (χ0) is 15.1. The first-order valence-electron chi connectivity index (χ1n) is 10.3. The summed E-state index contributed by atoms with van der Waals surface area (Å²) < 4.78 is 19.5. The van der Waals surface area contributed by atoms with Gasteiger partial charge in [-0.2, -0.15) is 0 Å². The van der Waals surface area contributed by atoms with Crippen LogP contribution in [-0.2, 0) is 14.2 Å². The second-order valence-electron chi connectivity index (χ2n) is 9.24. The molecule has 6 fully saturated rings. The molecule has 0 bridgehead atoms. The van der Waals surface area contributed by atoms with Gasteiger partial charge in [0.2, 0.25) is 0 Å². The van der Waals surface area contributed by atoms with Gasteiger partial charge in [-0.15, -0.1) is 0 Å². The summed E-state index contributed by atoms with van der Waals surface area (Å²) in [5, 5.41) is 0. The van der Waals surface area contributed by atoms with Crippen molar-refractivity contribution >= 4 is 0 Å². The number of rotatable bonds is 4. The van der Waals surface area contributed by atoms with Crippen molar-refractivity contribution in [2.24, 2.45) is 11.8 Å². The van der Waals surface area contributed by atoms with Gasteiger partial charge in [-0.3, -0.25) is 0 Å². The highest BCUT2D eigenvalue weighted by atomic mass is 16.7. The Labute approximate surface area is 139 Å². The number of fused-ring (bicyclic) bond motifs is 2. The molecule has 0 aromatic carbocycles. The van der Waals surface area contributed by atoms with E-state index in [0.717, 1.165) is 11.8 Å². The molecule has 6 aliphatic rings. The maximum atomic E-state index is 7.37. The molecule has 6 unspecified atom stereocenters. The Morgan fingerprint density at radius 1 is 0.609 bits per heavy atom. The van der Waals surface area contributed by atoms with Crippen molar-refractivity contribution in [2.75, 3.05) is 0 Å². The Bertz CT molecular complexity index is 451. The normalized spacial score (nSPS) is 55.3. The fourth-order valence-corrected chi connectivity index (χ4v) is 7.05. The third-order valence-corrected chi connectivity index (χ3v) is 8.24. The molecule has 4 aliphatic carbocycles. The van der Waals surface area contributed by atoms with Gasteiger partial charge in [-0.25, -0.2) is 0 Å². The molecule has 23 heavy (non-hydrogen) atoms. The quantitative estimate of drug-likeness (QED) is 0.735. The second kappa shape index (κ2) is 4.74. The van der Waals surface area contributed by atoms with E-state index < -0.39 is 0 Å². The number of epoxide rings is 2. The van der Waals surface area contributed by atoms with Crippen LogP contribution in [0.5, 0.6) is 0 Å². The van der Waals surface area contributed by atoms with E-state index in [4.69, 9.17) is 14.2 Å². The predicted molar refractivity (Wildman–Crippen MR) is 86.3 cm³/mol. The predicted octanol–water partition coefficient (Wildman–Crippen LogP) is 3.98. The molecule has 3 heteroatoms. The molecule has 6 atom stereocenters. The summed E-state index contributed by atoms with van der Waals surface area (Å²) in [5.74, 6) is 1.49. The first kappa shape index (κ1) is 14.1. The van der Waals surface area contributed by atoms with Crippen LogP contribution < -0.4 is 0 Å². The fourth-order valence-electron chi connectivity index (χ4n) is 7.05. The topological polar surface area (TPSA) is 34.3 Å². The molecule has 3 nitrogen and oxygen atoms in total. The lowest BCUT2D eigenvalue weighted by Crippen LogP contribution is -2.55. The summed E-state index contributed by atoms with van der Waals surface area (Å²) in [7, 11) is 0. The summed E-state index contributed by atoms with van der Waals surface area (Å²) in [6, 6.07) is 0. The van der Waals surface area contributed by atoms with Gasteiger partial charge in [-0.05, 0) is 63.2 Å². The van der Waals surface area contributed by atoms with Gasteiger partial charge in [0.1, 0.15) is 23.4 Å². The first-order valence-corrected chi connectivity index (χ1v) is 10.3. The van der Waals surface area contributed by atoms with Crippen molar-refractivity contribution in [2.45, 2.75) is 113 Å². The zero-order valence-electron chi connectivity index (χ0n) is 14.2. The number of ether oxygens (including phenoxy) is 3. The van der Waals surface area contributed by atoms with E-state index in [9.17, 15) is 0 Å². The van der Waals surface area contributed by atoms with Gasteiger partial charge in [-0.1, -0.05) is 25.7 Å². The number of hydrogen-bond donors (Lipinski definition) is 0. The molecular formula is C20H30O3. The third-order valence-electron chi connectivity index (χ3n) is 8.24. The summed E-state index contributed by atoms with van der Waals surface area (Å²) >= 11 is 0. The third kappa shape index (κ3) is 1.88. The standard InChI is InChI=1S/C20H30O3/c1-2-6-13(5-1)19(11-9-15-17(19)21-15)23-20(14-7-3-4-8-14)12-10-16-18(20)22-16/h13-18H,1-12H2. The van der Waals surface area contributed by atoms with Gasteiger partial charge in [0.15, 0.2) is 0 Å². The fraction of sp³-hybridized carbons (Fsp3) is 1.00. The Hall–Kier alpha value is -0.120. The van der Waals surface area contributed by atoms with Crippen molar-refractivity contribution in [3.8, 4) is 0 Å². The molecule has 2 saturated heterocycles. The van der Waals surface area contributed by atoms with Crippen LogP contribution in [0, 0.1) is 11.8 Å². The SMILES string of the molecule is C1CCC(C2(OC3(C4CCCC4)CCC4OC43)CCC3OC32)C1. The molecule has 0 radical (unpaired) electrons. The average molecular weight is 318 g/mol. The van der Waals surface area contributed by atoms with Crippen molar-refractivity contribution < 1.29 is 14.2 Å². The van der Waals surface area contributed by atoms with Gasteiger partial charge >= 0.3 is 0 Å². The van der Waals surface area contributed by atoms with E-state index in [0.29, 0.717) is 24.4 Å². The van der Waals surface area contributed by atoms with Crippen molar-refractivity contribution in [1.29, 1.82) is 0 Å². The van der Waals surface area contributed by atoms with Crippen LogP contribution in [0.25, 0.3) is 0 Å². The van der Waals surface area contributed by atoms with Crippen molar-refractivity contribution in [3.05, 3.63) is 0 Å². The minimum Gasteiger partial charge on any atom is -0.366 e. The molecule has 0 N–H and O–H groups in total. The summed E-state index contributed by atoms with van der Waals surface area (Å²) in [6.07, 6.45) is 17.9. The van der Waals surface area contributed by atoms with E-state index in [1.165, 1.54) is 77.0 Å². The summed E-state index contributed by atoms with van der Waals surface area (Å²) in [4.78, 5) is 0. The van der Waals surface area contributed by atoms with E-state index in [-0.39, 0.29) is 11.2 Å². The molecule has 0 aromatic rings. The Morgan fingerprint density at radius 3 is 1.35 bits per heavy atom. The maximum absolute atomic E-state index is 7.37. The van der Waals surface area contributed by atoms with Crippen LogP contribution in [0.15, 0.2) is 0 Å². The van der Waals surface area contributed by atoms with E-state index in [2.05, 4.69) is 0 Å². The highest BCUT2D eigenvalue weighted by molar-refractivity contribution is 5.19. The Morgan fingerprint density at radius 2 is 1.04 bits per heavy atom. The monoisotopic (exact) mass is 318 g/mol.